The van der Waals surface area contributed by atoms with Crippen LogP contribution in [0.15, 0.2) is 12.3 Å². The fourth-order valence-electron chi connectivity index (χ4n) is 1.88. The Morgan fingerprint density at radius 2 is 2.39 bits per heavy atom. The van der Waals surface area contributed by atoms with Gasteiger partial charge in [-0.25, -0.2) is 9.97 Å². The number of rotatable bonds is 6. The van der Waals surface area contributed by atoms with Crippen LogP contribution >= 0.6 is 0 Å². The van der Waals surface area contributed by atoms with Crippen molar-refractivity contribution in [1.29, 1.82) is 0 Å². The summed E-state index contributed by atoms with van der Waals surface area (Å²) in [6.45, 7) is 2.37. The van der Waals surface area contributed by atoms with Crippen molar-refractivity contribution in [3.8, 4) is 0 Å². The lowest BCUT2D eigenvalue weighted by molar-refractivity contribution is -0.122. The molecule has 1 heterocycles. The lowest BCUT2D eigenvalue weighted by atomic mass is 10.1. The molecule has 0 radical (unpaired) electrons. The highest BCUT2D eigenvalue weighted by molar-refractivity contribution is 5.76. The van der Waals surface area contributed by atoms with Crippen LogP contribution in [0.2, 0.25) is 0 Å². The Labute approximate surface area is 107 Å². The van der Waals surface area contributed by atoms with E-state index in [-0.39, 0.29) is 11.9 Å². The highest BCUT2D eigenvalue weighted by Crippen LogP contribution is 2.39. The molecule has 5 nitrogen and oxygen atoms in total. The number of hydrogen-bond acceptors (Lipinski definition) is 4. The number of nitrogens with one attached hydrogen (secondary N) is 1. The van der Waals surface area contributed by atoms with Gasteiger partial charge in [0.25, 0.3) is 0 Å². The second kappa shape index (κ2) is 5.91. The normalized spacial score (nSPS) is 16.3. The quantitative estimate of drug-likeness (QED) is 0.827. The first-order valence-corrected chi connectivity index (χ1v) is 6.28. The number of aromatic nitrogens is 2. The number of hydrogen-bond donors (Lipinski definition) is 1. The van der Waals surface area contributed by atoms with Crippen molar-refractivity contribution in [2.45, 2.75) is 32.2 Å². The van der Waals surface area contributed by atoms with Crippen molar-refractivity contribution < 1.29 is 9.53 Å². The third kappa shape index (κ3) is 3.50. The Hall–Kier alpha value is -1.49. The molecule has 1 aromatic heterocycles. The van der Waals surface area contributed by atoms with Crippen LogP contribution in [0.4, 0.5) is 0 Å². The predicted molar refractivity (Wildman–Crippen MR) is 66.9 cm³/mol. The Balaban J connectivity index is 2.02. The summed E-state index contributed by atoms with van der Waals surface area (Å²) in [7, 11) is 1.59. The smallest absolute Gasteiger partial charge is 0.222 e. The second-order valence-electron chi connectivity index (χ2n) is 4.68. The standard InChI is InChI=1S/C13H19N3O2/c1-9-5-7-14-13(15-9)12(10-3-4-10)16-11(17)6-8-18-2/h5,7,10,12H,3-4,6,8H2,1-2H3,(H,16,17)/t12-/m0/s1. The minimum atomic E-state index is -0.0470. The number of carbonyl (C=O) groups is 1. The average Bonchev–Trinajstić information content (AvgIpc) is 3.17. The van der Waals surface area contributed by atoms with Gasteiger partial charge in [-0.2, -0.15) is 0 Å². The summed E-state index contributed by atoms with van der Waals surface area (Å²) < 4.78 is 4.90. The van der Waals surface area contributed by atoms with E-state index in [0.717, 1.165) is 24.4 Å². The average molecular weight is 249 g/mol. The van der Waals surface area contributed by atoms with E-state index in [1.165, 1.54) is 0 Å². The van der Waals surface area contributed by atoms with Gasteiger partial charge in [0.2, 0.25) is 5.91 Å². The van der Waals surface area contributed by atoms with Crippen molar-refractivity contribution in [1.82, 2.24) is 15.3 Å². The van der Waals surface area contributed by atoms with Gasteiger partial charge in [-0.1, -0.05) is 0 Å². The molecule has 18 heavy (non-hydrogen) atoms. The number of aryl methyl sites for hydroxylation is 1. The van der Waals surface area contributed by atoms with Crippen LogP contribution in [0.25, 0.3) is 0 Å². The summed E-state index contributed by atoms with van der Waals surface area (Å²) in [6, 6.07) is 1.81. The molecule has 0 unspecified atom stereocenters. The van der Waals surface area contributed by atoms with Gasteiger partial charge < -0.3 is 10.1 Å². The van der Waals surface area contributed by atoms with Gasteiger partial charge in [-0.15, -0.1) is 0 Å². The fraction of sp³-hybridized carbons (Fsp3) is 0.615. The van der Waals surface area contributed by atoms with E-state index < -0.39 is 0 Å². The van der Waals surface area contributed by atoms with Crippen LogP contribution in [0.5, 0.6) is 0 Å². The number of ether oxygens (including phenoxy) is 1. The van der Waals surface area contributed by atoms with Gasteiger partial charge in [0, 0.05) is 25.4 Å². The van der Waals surface area contributed by atoms with Crippen LogP contribution in [-0.2, 0) is 9.53 Å². The first-order chi connectivity index (χ1) is 8.70. The minimum Gasteiger partial charge on any atom is -0.384 e. The maximum Gasteiger partial charge on any atom is 0.222 e. The van der Waals surface area contributed by atoms with Gasteiger partial charge in [0.1, 0.15) is 0 Å². The molecular formula is C13H19N3O2. The molecule has 1 aliphatic rings. The molecule has 1 fully saturated rings. The molecule has 5 heteroatoms. The topological polar surface area (TPSA) is 64.1 Å². The molecule has 1 atom stereocenters. The van der Waals surface area contributed by atoms with Crippen molar-refractivity contribution in [2.75, 3.05) is 13.7 Å². The molecule has 1 N–H and O–H groups in total. The van der Waals surface area contributed by atoms with E-state index in [4.69, 9.17) is 4.74 Å². The number of methoxy groups -OCH3 is 1. The predicted octanol–water partition coefficient (Wildman–Crippen LogP) is 1.39. The molecule has 98 valence electrons. The number of carbonyl (C=O) groups excluding carboxylic acids is 1. The summed E-state index contributed by atoms with van der Waals surface area (Å²) in [5.74, 6) is 1.21. The largest absolute Gasteiger partial charge is 0.384 e. The monoisotopic (exact) mass is 249 g/mol. The first-order valence-electron chi connectivity index (χ1n) is 6.28. The zero-order valence-electron chi connectivity index (χ0n) is 10.8. The zero-order valence-corrected chi connectivity index (χ0v) is 10.8. The van der Waals surface area contributed by atoms with Gasteiger partial charge in [-0.05, 0) is 31.7 Å². The Kier molecular flexibility index (Phi) is 4.25. The highest BCUT2D eigenvalue weighted by atomic mass is 16.5. The second-order valence-corrected chi connectivity index (χ2v) is 4.68. The molecule has 0 bridgehead atoms. The minimum absolute atomic E-state index is 0.00106. The van der Waals surface area contributed by atoms with E-state index in [1.807, 2.05) is 13.0 Å². The van der Waals surface area contributed by atoms with Crippen LogP contribution < -0.4 is 5.32 Å². The van der Waals surface area contributed by atoms with Gasteiger partial charge in [-0.3, -0.25) is 4.79 Å². The van der Waals surface area contributed by atoms with E-state index in [2.05, 4.69) is 15.3 Å². The van der Waals surface area contributed by atoms with E-state index in [1.54, 1.807) is 13.3 Å². The Morgan fingerprint density at radius 1 is 1.61 bits per heavy atom. The summed E-state index contributed by atoms with van der Waals surface area (Å²) in [5, 5.41) is 3.01. The van der Waals surface area contributed by atoms with Crippen molar-refractivity contribution >= 4 is 5.91 Å². The molecule has 0 saturated heterocycles. The SMILES string of the molecule is COCCC(=O)N[C@H](c1nccc(C)n1)C1CC1. The fourth-order valence-corrected chi connectivity index (χ4v) is 1.88. The Morgan fingerprint density at radius 3 is 3.00 bits per heavy atom. The molecule has 1 saturated carbocycles. The number of nitrogens with zero attached hydrogens (tertiary/aromatic N) is 2. The summed E-state index contributed by atoms with van der Waals surface area (Å²) in [4.78, 5) is 20.4. The van der Waals surface area contributed by atoms with Crippen LogP contribution in [0, 0.1) is 12.8 Å². The molecule has 1 amide bonds. The third-order valence-electron chi connectivity index (χ3n) is 3.03. The molecule has 0 spiro atoms. The van der Waals surface area contributed by atoms with E-state index in [0.29, 0.717) is 18.9 Å². The van der Waals surface area contributed by atoms with Crippen molar-refractivity contribution in [2.24, 2.45) is 5.92 Å². The summed E-state index contributed by atoms with van der Waals surface area (Å²) in [5.41, 5.74) is 0.928. The molecule has 1 aromatic rings. The van der Waals surface area contributed by atoms with Crippen LogP contribution in [-0.4, -0.2) is 29.6 Å². The molecule has 2 rings (SSSR count). The lowest BCUT2D eigenvalue weighted by Gasteiger charge is -2.17. The van der Waals surface area contributed by atoms with Gasteiger partial charge in [0.05, 0.1) is 12.6 Å². The van der Waals surface area contributed by atoms with Crippen LogP contribution in [0.1, 0.15) is 36.8 Å². The number of amides is 1. The maximum atomic E-state index is 11.8. The Bertz CT molecular complexity index is 418. The summed E-state index contributed by atoms with van der Waals surface area (Å²) >= 11 is 0. The third-order valence-corrected chi connectivity index (χ3v) is 3.03. The highest BCUT2D eigenvalue weighted by Gasteiger charge is 2.35. The van der Waals surface area contributed by atoms with Crippen molar-refractivity contribution in [3.63, 3.8) is 0 Å². The summed E-state index contributed by atoms with van der Waals surface area (Å²) in [6.07, 6.45) is 4.39. The zero-order chi connectivity index (χ0) is 13.0. The molecule has 0 aliphatic heterocycles. The van der Waals surface area contributed by atoms with Crippen molar-refractivity contribution in [3.05, 3.63) is 23.8 Å². The first kappa shape index (κ1) is 13.0. The van der Waals surface area contributed by atoms with Crippen LogP contribution in [0.3, 0.4) is 0 Å². The maximum absolute atomic E-state index is 11.8. The molecule has 1 aliphatic carbocycles. The van der Waals surface area contributed by atoms with Gasteiger partial charge in [0.15, 0.2) is 5.82 Å². The van der Waals surface area contributed by atoms with E-state index in [9.17, 15) is 4.79 Å². The lowest BCUT2D eigenvalue weighted by Crippen LogP contribution is -2.31. The van der Waals surface area contributed by atoms with Gasteiger partial charge >= 0.3 is 0 Å². The molecule has 0 aromatic carbocycles. The molecular weight excluding hydrogens is 230 g/mol. The van der Waals surface area contributed by atoms with E-state index >= 15 is 0 Å².